The van der Waals surface area contributed by atoms with Crippen molar-refractivity contribution in [2.75, 3.05) is 13.6 Å². The summed E-state index contributed by atoms with van der Waals surface area (Å²) in [5.74, 6) is -2.51. The molecular formula is C9H14N2O4S. The molecule has 6 nitrogen and oxygen atoms in total. The predicted octanol–water partition coefficient (Wildman–Crippen LogP) is 0.700. The van der Waals surface area contributed by atoms with Crippen molar-refractivity contribution in [1.29, 1.82) is 5.41 Å². The number of nitrogens with one attached hydrogen (secondary N) is 1. The Labute approximate surface area is 97.4 Å². The van der Waals surface area contributed by atoms with E-state index in [-0.39, 0.29) is 0 Å². The third-order valence-electron chi connectivity index (χ3n) is 1.56. The number of carboxylic acids is 2. The van der Waals surface area contributed by atoms with Crippen LogP contribution in [0.25, 0.3) is 0 Å². The number of rotatable bonds is 2. The van der Waals surface area contributed by atoms with Gasteiger partial charge >= 0.3 is 11.9 Å². The van der Waals surface area contributed by atoms with Crippen LogP contribution in [0.3, 0.4) is 0 Å². The maximum absolute atomic E-state index is 9.55. The first-order valence-electron chi connectivity index (χ1n) is 4.43. The molecule has 0 saturated carbocycles. The highest BCUT2D eigenvalue weighted by Gasteiger charge is 2.19. The van der Waals surface area contributed by atoms with Gasteiger partial charge in [-0.15, -0.1) is 0 Å². The van der Waals surface area contributed by atoms with E-state index in [1.807, 2.05) is 11.9 Å². The highest BCUT2D eigenvalue weighted by molar-refractivity contribution is 8.14. The van der Waals surface area contributed by atoms with Gasteiger partial charge in [0, 0.05) is 31.0 Å². The molecule has 0 radical (unpaired) electrons. The fourth-order valence-corrected chi connectivity index (χ4v) is 1.86. The Morgan fingerprint density at radius 2 is 1.88 bits per heavy atom. The van der Waals surface area contributed by atoms with E-state index < -0.39 is 11.9 Å². The number of carboxylic acid groups (broad SMARTS) is 2. The van der Waals surface area contributed by atoms with Gasteiger partial charge in [0.25, 0.3) is 0 Å². The van der Waals surface area contributed by atoms with Gasteiger partial charge in [-0.05, 0) is 0 Å². The van der Waals surface area contributed by atoms with Crippen LogP contribution in [0.5, 0.6) is 0 Å². The van der Waals surface area contributed by atoms with Gasteiger partial charge in [0.05, 0.1) is 0 Å². The Hall–Kier alpha value is -1.50. The number of hydrogen-bond donors (Lipinski definition) is 3. The topological polar surface area (TPSA) is 102 Å². The molecule has 0 spiro atoms. The first kappa shape index (κ1) is 14.5. The van der Waals surface area contributed by atoms with Crippen molar-refractivity contribution in [1.82, 2.24) is 4.90 Å². The molecule has 1 unspecified atom stereocenters. The predicted molar refractivity (Wildman–Crippen MR) is 61.8 cm³/mol. The van der Waals surface area contributed by atoms with Gasteiger partial charge < -0.3 is 15.1 Å². The van der Waals surface area contributed by atoms with Gasteiger partial charge in [-0.2, -0.15) is 0 Å². The summed E-state index contributed by atoms with van der Waals surface area (Å²) in [7, 11) is 1.96. The van der Waals surface area contributed by atoms with Gasteiger partial charge in [-0.25, -0.2) is 9.59 Å². The van der Waals surface area contributed by atoms with Crippen LogP contribution in [0.15, 0.2) is 12.2 Å². The van der Waals surface area contributed by atoms with Crippen LogP contribution in [0.4, 0.5) is 0 Å². The van der Waals surface area contributed by atoms with Crippen LogP contribution < -0.4 is 0 Å². The zero-order valence-electron chi connectivity index (χ0n) is 9.01. The first-order chi connectivity index (χ1) is 7.32. The van der Waals surface area contributed by atoms with Gasteiger partial charge in [-0.3, -0.25) is 5.41 Å². The third-order valence-corrected chi connectivity index (χ3v) is 2.65. The van der Waals surface area contributed by atoms with Crippen LogP contribution in [-0.2, 0) is 9.59 Å². The summed E-state index contributed by atoms with van der Waals surface area (Å²) in [5.41, 5.74) is 0. The molecule has 90 valence electrons. The summed E-state index contributed by atoms with van der Waals surface area (Å²) in [6.45, 7) is 3.17. The van der Waals surface area contributed by atoms with Crippen molar-refractivity contribution >= 4 is 28.9 Å². The zero-order valence-corrected chi connectivity index (χ0v) is 9.82. The Morgan fingerprint density at radius 1 is 1.44 bits per heavy atom. The van der Waals surface area contributed by atoms with E-state index in [0.29, 0.717) is 22.6 Å². The van der Waals surface area contributed by atoms with Crippen molar-refractivity contribution < 1.29 is 19.8 Å². The molecule has 1 fully saturated rings. The molecule has 0 bridgehead atoms. The maximum atomic E-state index is 9.55. The number of hydrogen-bond acceptors (Lipinski definition) is 4. The van der Waals surface area contributed by atoms with Crippen LogP contribution in [0, 0.1) is 5.41 Å². The van der Waals surface area contributed by atoms with Gasteiger partial charge in [0.1, 0.15) is 0 Å². The fraction of sp³-hybridized carbons (Fsp3) is 0.444. The smallest absolute Gasteiger partial charge is 0.328 e. The fourth-order valence-electron chi connectivity index (χ4n) is 0.929. The van der Waals surface area contributed by atoms with Crippen molar-refractivity contribution in [2.24, 2.45) is 0 Å². The molecular weight excluding hydrogens is 232 g/mol. The van der Waals surface area contributed by atoms with Crippen LogP contribution in [-0.4, -0.2) is 51.1 Å². The molecule has 0 aromatic carbocycles. The SMILES string of the molecule is CC1CN(C)C(=N)S1.O=C(O)/C=C/C(=O)O. The maximum Gasteiger partial charge on any atom is 0.328 e. The number of thioether (sulfide) groups is 1. The lowest BCUT2D eigenvalue weighted by atomic mass is 10.4. The largest absolute Gasteiger partial charge is 0.478 e. The number of nitrogens with zero attached hydrogens (tertiary/aromatic N) is 1. The molecule has 7 heteroatoms. The first-order valence-corrected chi connectivity index (χ1v) is 5.31. The highest BCUT2D eigenvalue weighted by Crippen LogP contribution is 2.21. The number of carbonyl (C=O) groups is 2. The van der Waals surface area contributed by atoms with E-state index in [0.717, 1.165) is 6.54 Å². The van der Waals surface area contributed by atoms with E-state index in [1.54, 1.807) is 11.8 Å². The van der Waals surface area contributed by atoms with Gasteiger partial charge in [-0.1, -0.05) is 18.7 Å². The molecule has 0 aromatic rings. The minimum atomic E-state index is -1.26. The summed E-state index contributed by atoms with van der Waals surface area (Å²) in [6, 6.07) is 0. The second-order valence-corrected chi connectivity index (χ2v) is 4.55. The molecule has 0 aromatic heterocycles. The summed E-state index contributed by atoms with van der Waals surface area (Å²) in [5, 5.41) is 24.2. The lowest BCUT2D eigenvalue weighted by molar-refractivity contribution is -0.134. The molecule has 1 aliphatic heterocycles. The van der Waals surface area contributed by atoms with E-state index in [9.17, 15) is 9.59 Å². The zero-order chi connectivity index (χ0) is 12.7. The van der Waals surface area contributed by atoms with Gasteiger partial charge in [0.15, 0.2) is 5.17 Å². The molecule has 0 aliphatic carbocycles. The van der Waals surface area contributed by atoms with Gasteiger partial charge in [0.2, 0.25) is 0 Å². The Morgan fingerprint density at radius 3 is 2.00 bits per heavy atom. The minimum Gasteiger partial charge on any atom is -0.478 e. The number of aliphatic carboxylic acids is 2. The van der Waals surface area contributed by atoms with Crippen LogP contribution >= 0.6 is 11.8 Å². The average Bonchev–Trinajstić information content (AvgIpc) is 2.42. The summed E-state index contributed by atoms with van der Waals surface area (Å²) in [4.78, 5) is 21.1. The summed E-state index contributed by atoms with van der Waals surface area (Å²) in [6.07, 6.45) is 1.12. The van der Waals surface area contributed by atoms with E-state index in [4.69, 9.17) is 15.6 Å². The molecule has 1 atom stereocenters. The second kappa shape index (κ2) is 6.89. The minimum absolute atomic E-state index is 0.558. The van der Waals surface area contributed by atoms with Crippen molar-refractivity contribution in [3.63, 3.8) is 0 Å². The normalized spacial score (nSPS) is 19.5. The molecule has 1 rings (SSSR count). The quantitative estimate of drug-likeness (QED) is 0.620. The molecule has 1 saturated heterocycles. The standard InChI is InChI=1S/C5H10N2S.C4H4O4/c1-4-3-7(2)5(6)8-4;5-3(6)1-2-4(7)8/h4,6H,3H2,1-2H3;1-2H,(H,5,6)(H,7,8)/b;2-1+. The van der Waals surface area contributed by atoms with Crippen LogP contribution in [0.1, 0.15) is 6.92 Å². The molecule has 1 heterocycles. The Bertz CT molecular complexity index is 301. The number of amidine groups is 1. The lowest BCUT2D eigenvalue weighted by Gasteiger charge is -2.05. The van der Waals surface area contributed by atoms with E-state index in [1.165, 1.54) is 0 Å². The molecule has 1 aliphatic rings. The van der Waals surface area contributed by atoms with Crippen LogP contribution in [0.2, 0.25) is 0 Å². The Kier molecular flexibility index (Phi) is 6.24. The van der Waals surface area contributed by atoms with Crippen molar-refractivity contribution in [3.8, 4) is 0 Å². The monoisotopic (exact) mass is 246 g/mol. The molecule has 3 N–H and O–H groups in total. The third kappa shape index (κ3) is 6.88. The van der Waals surface area contributed by atoms with E-state index in [2.05, 4.69) is 6.92 Å². The van der Waals surface area contributed by atoms with Crippen molar-refractivity contribution in [3.05, 3.63) is 12.2 Å². The lowest BCUT2D eigenvalue weighted by Crippen LogP contribution is -2.18. The summed E-state index contributed by atoms with van der Waals surface area (Å²) < 4.78 is 0. The molecule has 16 heavy (non-hydrogen) atoms. The Balaban J connectivity index is 0.000000281. The second-order valence-electron chi connectivity index (χ2n) is 3.12. The molecule has 0 amide bonds. The van der Waals surface area contributed by atoms with Crippen molar-refractivity contribution in [2.45, 2.75) is 12.2 Å². The average molecular weight is 246 g/mol. The highest BCUT2D eigenvalue weighted by atomic mass is 32.2. The van der Waals surface area contributed by atoms with E-state index >= 15 is 0 Å². The summed E-state index contributed by atoms with van der Waals surface area (Å²) >= 11 is 1.64.